The molecule has 0 unspecified atom stereocenters. The number of carbonyl (C=O) groups is 1. The summed E-state index contributed by atoms with van der Waals surface area (Å²) in [5.41, 5.74) is 5.46. The van der Waals surface area contributed by atoms with E-state index >= 15 is 0 Å². The number of benzene rings is 2. The van der Waals surface area contributed by atoms with Gasteiger partial charge in [-0.2, -0.15) is 0 Å². The number of oxazole rings is 1. The fraction of sp³-hybridized carbons (Fsp3) is 0.174. The minimum absolute atomic E-state index is 0.0785. The van der Waals surface area contributed by atoms with E-state index in [1.54, 1.807) is 6.20 Å². The second-order valence-electron chi connectivity index (χ2n) is 6.72. The predicted molar refractivity (Wildman–Crippen MR) is 115 cm³/mol. The number of fused-ring (bicyclic) bond motifs is 1. The molecule has 0 saturated carbocycles. The lowest BCUT2D eigenvalue weighted by Gasteiger charge is -2.06. The maximum Gasteiger partial charge on any atom is 0.257 e. The lowest BCUT2D eigenvalue weighted by atomic mass is 10.1. The Morgan fingerprint density at radius 1 is 1.10 bits per heavy atom. The maximum absolute atomic E-state index is 12.4. The van der Waals surface area contributed by atoms with E-state index in [0.29, 0.717) is 29.5 Å². The molecular formula is C23H21N3O2S. The summed E-state index contributed by atoms with van der Waals surface area (Å²) in [4.78, 5) is 21.3. The number of nitrogens with zero attached hydrogens (tertiary/aromatic N) is 2. The standard InChI is InChI=1S/C23H21N3O2S/c1-16-6-4-10-20-21(16)26-23(28-20)29-15-17-7-5-8-18(14-17)22(27)25-13-11-19-9-2-3-12-24-19/h2-10,12,14H,11,13,15H2,1H3,(H,25,27). The average molecular weight is 404 g/mol. The third-order valence-corrected chi connectivity index (χ3v) is 5.44. The van der Waals surface area contributed by atoms with Crippen LogP contribution in [0.5, 0.6) is 0 Å². The first kappa shape index (κ1) is 19.2. The van der Waals surface area contributed by atoms with Crippen LogP contribution in [-0.2, 0) is 12.2 Å². The highest BCUT2D eigenvalue weighted by Gasteiger charge is 2.10. The van der Waals surface area contributed by atoms with Gasteiger partial charge in [0.2, 0.25) is 0 Å². The highest BCUT2D eigenvalue weighted by atomic mass is 32.2. The molecule has 0 aliphatic heterocycles. The zero-order chi connectivity index (χ0) is 20.1. The number of hydrogen-bond acceptors (Lipinski definition) is 5. The topological polar surface area (TPSA) is 68.0 Å². The molecular weight excluding hydrogens is 382 g/mol. The summed E-state index contributed by atoms with van der Waals surface area (Å²) < 4.78 is 5.81. The molecule has 2 aromatic heterocycles. The van der Waals surface area contributed by atoms with Gasteiger partial charge in [0, 0.05) is 36.2 Å². The molecule has 29 heavy (non-hydrogen) atoms. The quantitative estimate of drug-likeness (QED) is 0.449. The Hall–Kier alpha value is -3.12. The number of pyridine rings is 1. The molecule has 2 aromatic carbocycles. The number of rotatable bonds is 7. The molecule has 0 bridgehead atoms. The van der Waals surface area contributed by atoms with Crippen molar-refractivity contribution in [3.8, 4) is 0 Å². The first-order valence-corrected chi connectivity index (χ1v) is 10.4. The molecule has 0 saturated heterocycles. The van der Waals surface area contributed by atoms with Crippen LogP contribution in [0.15, 0.2) is 76.5 Å². The largest absolute Gasteiger partial charge is 0.431 e. The normalized spacial score (nSPS) is 10.9. The van der Waals surface area contributed by atoms with Gasteiger partial charge in [-0.1, -0.05) is 42.1 Å². The number of nitrogens with one attached hydrogen (secondary N) is 1. The summed E-state index contributed by atoms with van der Waals surface area (Å²) in [6, 6.07) is 19.3. The second-order valence-corrected chi connectivity index (χ2v) is 7.64. The van der Waals surface area contributed by atoms with E-state index in [9.17, 15) is 4.79 Å². The zero-order valence-electron chi connectivity index (χ0n) is 16.1. The van der Waals surface area contributed by atoms with Crippen LogP contribution in [0.3, 0.4) is 0 Å². The number of hydrogen-bond donors (Lipinski definition) is 1. The van der Waals surface area contributed by atoms with Gasteiger partial charge in [-0.05, 0) is 48.4 Å². The van der Waals surface area contributed by atoms with Crippen LogP contribution < -0.4 is 5.32 Å². The summed E-state index contributed by atoms with van der Waals surface area (Å²) in [5.74, 6) is 0.603. The second kappa shape index (κ2) is 8.92. The van der Waals surface area contributed by atoms with Gasteiger partial charge >= 0.3 is 0 Å². The van der Waals surface area contributed by atoms with Crippen LogP contribution in [0.1, 0.15) is 27.2 Å². The van der Waals surface area contributed by atoms with Gasteiger partial charge in [0.05, 0.1) is 0 Å². The number of carbonyl (C=O) groups excluding carboxylic acids is 1. The third kappa shape index (κ3) is 4.84. The van der Waals surface area contributed by atoms with Crippen LogP contribution in [0.4, 0.5) is 0 Å². The van der Waals surface area contributed by atoms with Crippen molar-refractivity contribution in [1.82, 2.24) is 15.3 Å². The monoisotopic (exact) mass is 403 g/mol. The SMILES string of the molecule is Cc1cccc2oc(SCc3cccc(C(=O)NCCc4ccccn4)c3)nc12. The molecule has 0 atom stereocenters. The van der Waals surface area contributed by atoms with Gasteiger partial charge in [-0.3, -0.25) is 9.78 Å². The van der Waals surface area contributed by atoms with Gasteiger partial charge in [-0.15, -0.1) is 0 Å². The van der Waals surface area contributed by atoms with Crippen molar-refractivity contribution in [2.45, 2.75) is 24.3 Å². The molecule has 1 amide bonds. The number of amides is 1. The smallest absolute Gasteiger partial charge is 0.257 e. The molecule has 0 aliphatic carbocycles. The van der Waals surface area contributed by atoms with Crippen molar-refractivity contribution in [3.63, 3.8) is 0 Å². The van der Waals surface area contributed by atoms with E-state index in [0.717, 1.165) is 27.9 Å². The van der Waals surface area contributed by atoms with E-state index in [1.165, 1.54) is 11.8 Å². The zero-order valence-corrected chi connectivity index (χ0v) is 16.9. The van der Waals surface area contributed by atoms with E-state index in [-0.39, 0.29) is 5.91 Å². The first-order chi connectivity index (χ1) is 14.2. The highest BCUT2D eigenvalue weighted by Crippen LogP contribution is 2.27. The number of thioether (sulfide) groups is 1. The lowest BCUT2D eigenvalue weighted by molar-refractivity contribution is 0.0954. The highest BCUT2D eigenvalue weighted by molar-refractivity contribution is 7.98. The van der Waals surface area contributed by atoms with Crippen molar-refractivity contribution in [2.24, 2.45) is 0 Å². The Kier molecular flexibility index (Phi) is 5.91. The lowest BCUT2D eigenvalue weighted by Crippen LogP contribution is -2.25. The number of aryl methyl sites for hydroxylation is 1. The Morgan fingerprint density at radius 2 is 2.00 bits per heavy atom. The van der Waals surface area contributed by atoms with Gasteiger partial charge in [0.25, 0.3) is 11.1 Å². The Bertz CT molecular complexity index is 1130. The fourth-order valence-electron chi connectivity index (χ4n) is 3.03. The molecule has 0 fully saturated rings. The molecule has 1 N–H and O–H groups in total. The Balaban J connectivity index is 1.35. The molecule has 6 heteroatoms. The van der Waals surface area contributed by atoms with Gasteiger partial charge in [-0.25, -0.2) is 4.98 Å². The summed E-state index contributed by atoms with van der Waals surface area (Å²) in [5, 5.41) is 3.59. The maximum atomic E-state index is 12.4. The van der Waals surface area contributed by atoms with Gasteiger partial charge in [0.1, 0.15) is 5.52 Å². The molecule has 0 aliphatic rings. The van der Waals surface area contributed by atoms with Crippen molar-refractivity contribution >= 4 is 28.8 Å². The van der Waals surface area contributed by atoms with Crippen LogP contribution in [0, 0.1) is 6.92 Å². The number of aromatic nitrogens is 2. The van der Waals surface area contributed by atoms with Crippen LogP contribution in [-0.4, -0.2) is 22.4 Å². The Morgan fingerprint density at radius 3 is 2.83 bits per heavy atom. The van der Waals surface area contributed by atoms with Crippen LogP contribution >= 0.6 is 11.8 Å². The fourth-order valence-corrected chi connectivity index (χ4v) is 3.80. The molecule has 4 aromatic rings. The molecule has 5 nitrogen and oxygen atoms in total. The first-order valence-electron chi connectivity index (χ1n) is 9.45. The molecule has 2 heterocycles. The summed E-state index contributed by atoms with van der Waals surface area (Å²) in [6.07, 6.45) is 2.47. The molecule has 4 rings (SSSR count). The predicted octanol–water partition coefficient (Wildman–Crippen LogP) is 4.80. The van der Waals surface area contributed by atoms with Crippen LogP contribution in [0.25, 0.3) is 11.1 Å². The molecule has 0 spiro atoms. The summed E-state index contributed by atoms with van der Waals surface area (Å²) >= 11 is 1.53. The van der Waals surface area contributed by atoms with E-state index < -0.39 is 0 Å². The summed E-state index contributed by atoms with van der Waals surface area (Å²) in [6.45, 7) is 2.58. The van der Waals surface area contributed by atoms with Crippen molar-refractivity contribution in [2.75, 3.05) is 6.54 Å². The van der Waals surface area contributed by atoms with Gasteiger partial charge < -0.3 is 9.73 Å². The van der Waals surface area contributed by atoms with E-state index in [2.05, 4.69) is 15.3 Å². The average Bonchev–Trinajstić information content (AvgIpc) is 3.18. The van der Waals surface area contributed by atoms with Crippen molar-refractivity contribution in [3.05, 3.63) is 89.2 Å². The molecule has 146 valence electrons. The van der Waals surface area contributed by atoms with E-state index in [4.69, 9.17) is 4.42 Å². The third-order valence-electron chi connectivity index (χ3n) is 4.55. The minimum Gasteiger partial charge on any atom is -0.431 e. The van der Waals surface area contributed by atoms with Crippen molar-refractivity contribution in [1.29, 1.82) is 0 Å². The molecule has 0 radical (unpaired) electrons. The van der Waals surface area contributed by atoms with Crippen molar-refractivity contribution < 1.29 is 9.21 Å². The van der Waals surface area contributed by atoms with Gasteiger partial charge in [0.15, 0.2) is 5.58 Å². The number of para-hydroxylation sites is 1. The minimum atomic E-state index is -0.0785. The van der Waals surface area contributed by atoms with E-state index in [1.807, 2.05) is 67.6 Å². The Labute approximate surface area is 173 Å². The summed E-state index contributed by atoms with van der Waals surface area (Å²) in [7, 11) is 0. The van der Waals surface area contributed by atoms with Crippen LogP contribution in [0.2, 0.25) is 0 Å².